The van der Waals surface area contributed by atoms with Crippen LogP contribution in [0.2, 0.25) is 0 Å². The highest BCUT2D eigenvalue weighted by Crippen LogP contribution is 2.22. The van der Waals surface area contributed by atoms with Gasteiger partial charge in [0.1, 0.15) is 0 Å². The second-order valence-corrected chi connectivity index (χ2v) is 3.52. The topological polar surface area (TPSA) is 69.4 Å². The summed E-state index contributed by atoms with van der Waals surface area (Å²) in [5.41, 5.74) is 0.738. The maximum atomic E-state index is 11.3. The zero-order chi connectivity index (χ0) is 12.3. The highest BCUT2D eigenvalue weighted by atomic mass is 16.6. The molecule has 1 aromatic rings. The van der Waals surface area contributed by atoms with Crippen molar-refractivity contribution < 1.29 is 14.5 Å². The highest BCUT2D eigenvalue weighted by molar-refractivity contribution is 5.90. The number of carbonyl (C=O) groups is 1. The van der Waals surface area contributed by atoms with Gasteiger partial charge in [0.15, 0.2) is 0 Å². The second-order valence-electron chi connectivity index (χ2n) is 3.52. The Bertz CT molecular complexity index is 426. The number of carbonyl (C=O) groups excluding carboxylic acids is 1. The maximum absolute atomic E-state index is 11.3. The number of nitro groups is 1. The minimum atomic E-state index is -0.578. The Morgan fingerprint density at radius 2 is 1.81 bits per heavy atom. The van der Waals surface area contributed by atoms with Gasteiger partial charge in [-0.05, 0) is 17.5 Å². The molecule has 16 heavy (non-hydrogen) atoms. The Morgan fingerprint density at radius 3 is 2.25 bits per heavy atom. The van der Waals surface area contributed by atoms with Crippen LogP contribution >= 0.6 is 0 Å². The summed E-state index contributed by atoms with van der Waals surface area (Å²) < 4.78 is 4.53. The Kier molecular flexibility index (Phi) is 3.60. The number of benzene rings is 1. The van der Waals surface area contributed by atoms with Crippen LogP contribution in [0.25, 0.3) is 0 Å². The largest absolute Gasteiger partial charge is 0.465 e. The average Bonchev–Trinajstić information content (AvgIpc) is 2.27. The lowest BCUT2D eigenvalue weighted by Gasteiger charge is -2.06. The fourth-order valence-electron chi connectivity index (χ4n) is 1.24. The Labute approximate surface area is 93.2 Å². The van der Waals surface area contributed by atoms with E-state index in [4.69, 9.17) is 0 Å². The first-order valence-electron chi connectivity index (χ1n) is 4.64. The van der Waals surface area contributed by atoms with E-state index >= 15 is 0 Å². The summed E-state index contributed by atoms with van der Waals surface area (Å²) in [7, 11) is 1.24. The molecule has 5 heteroatoms. The standard InChI is InChI=1S/C11H12NO4/c1-7(2)8-4-9(11(13)16-3)6-10(5-8)12(14)15/h4-6H,1-3H3. The molecule has 0 saturated carbocycles. The maximum Gasteiger partial charge on any atom is 0.338 e. The molecule has 0 unspecified atom stereocenters. The van der Waals surface area contributed by atoms with Gasteiger partial charge in [0.25, 0.3) is 5.69 Å². The van der Waals surface area contributed by atoms with Gasteiger partial charge in [0, 0.05) is 12.1 Å². The first kappa shape index (κ1) is 12.2. The number of rotatable bonds is 3. The number of non-ortho nitro benzene ring substituents is 1. The monoisotopic (exact) mass is 222 g/mol. The van der Waals surface area contributed by atoms with Gasteiger partial charge in [-0.2, -0.15) is 0 Å². The molecule has 0 heterocycles. The van der Waals surface area contributed by atoms with Crippen LogP contribution < -0.4 is 0 Å². The first-order chi connectivity index (χ1) is 7.45. The molecular weight excluding hydrogens is 210 g/mol. The van der Waals surface area contributed by atoms with Crippen molar-refractivity contribution in [2.45, 2.75) is 13.8 Å². The molecule has 0 amide bonds. The van der Waals surface area contributed by atoms with Gasteiger partial charge in [-0.3, -0.25) is 10.1 Å². The zero-order valence-electron chi connectivity index (χ0n) is 9.31. The summed E-state index contributed by atoms with van der Waals surface area (Å²) in [6.07, 6.45) is 0. The predicted octanol–water partition coefficient (Wildman–Crippen LogP) is 2.34. The lowest BCUT2D eigenvalue weighted by atomic mass is 10.00. The van der Waals surface area contributed by atoms with E-state index in [1.54, 1.807) is 6.07 Å². The summed E-state index contributed by atoms with van der Waals surface area (Å²) in [5.74, 6) is 0.319. The summed E-state index contributed by atoms with van der Waals surface area (Å²) in [6.45, 7) is 3.64. The van der Waals surface area contributed by atoms with Crippen molar-refractivity contribution in [1.29, 1.82) is 0 Å². The molecule has 0 aliphatic carbocycles. The fourth-order valence-corrected chi connectivity index (χ4v) is 1.24. The van der Waals surface area contributed by atoms with Crippen LogP contribution in [0.3, 0.4) is 0 Å². The number of hydrogen-bond donors (Lipinski definition) is 0. The quantitative estimate of drug-likeness (QED) is 0.447. The lowest BCUT2D eigenvalue weighted by molar-refractivity contribution is -0.384. The third-order valence-corrected chi connectivity index (χ3v) is 2.13. The molecule has 0 saturated heterocycles. The lowest BCUT2D eigenvalue weighted by Crippen LogP contribution is -2.04. The van der Waals surface area contributed by atoms with Crippen molar-refractivity contribution in [2.75, 3.05) is 7.11 Å². The summed E-state index contributed by atoms with van der Waals surface area (Å²) in [5, 5.41) is 10.7. The number of methoxy groups -OCH3 is 1. The first-order valence-corrected chi connectivity index (χ1v) is 4.64. The number of hydrogen-bond acceptors (Lipinski definition) is 4. The highest BCUT2D eigenvalue weighted by Gasteiger charge is 2.16. The molecular formula is C11H12NO4. The van der Waals surface area contributed by atoms with E-state index < -0.39 is 10.9 Å². The van der Waals surface area contributed by atoms with E-state index in [1.165, 1.54) is 19.2 Å². The normalized spacial score (nSPS) is 10.2. The SMILES string of the molecule is COC(=O)c1cc([C](C)C)cc([N+](=O)[O-])c1. The zero-order valence-corrected chi connectivity index (χ0v) is 9.31. The third-order valence-electron chi connectivity index (χ3n) is 2.13. The van der Waals surface area contributed by atoms with E-state index in [-0.39, 0.29) is 11.3 Å². The van der Waals surface area contributed by atoms with Gasteiger partial charge in [-0.15, -0.1) is 0 Å². The number of nitro benzene ring substituents is 1. The molecule has 0 fully saturated rings. The molecule has 5 nitrogen and oxygen atoms in total. The Morgan fingerprint density at radius 1 is 1.25 bits per heavy atom. The van der Waals surface area contributed by atoms with Crippen LogP contribution in [-0.2, 0) is 4.74 Å². The number of esters is 1. The second kappa shape index (κ2) is 4.74. The van der Waals surface area contributed by atoms with Crippen molar-refractivity contribution in [2.24, 2.45) is 0 Å². The molecule has 0 aliphatic rings. The number of ether oxygens (including phenoxy) is 1. The molecule has 1 radical (unpaired) electrons. The summed E-state index contributed by atoms with van der Waals surface area (Å²) in [4.78, 5) is 21.5. The van der Waals surface area contributed by atoms with Crippen molar-refractivity contribution in [3.63, 3.8) is 0 Å². The van der Waals surface area contributed by atoms with Gasteiger partial charge in [-0.25, -0.2) is 4.79 Å². The molecule has 0 spiro atoms. The minimum absolute atomic E-state index is 0.112. The van der Waals surface area contributed by atoms with Crippen molar-refractivity contribution in [1.82, 2.24) is 0 Å². The van der Waals surface area contributed by atoms with Crippen LogP contribution in [0.1, 0.15) is 29.8 Å². The predicted molar refractivity (Wildman–Crippen MR) is 58.1 cm³/mol. The van der Waals surface area contributed by atoms with Crippen LogP contribution in [0.5, 0.6) is 0 Å². The van der Waals surface area contributed by atoms with Crippen molar-refractivity contribution >= 4 is 11.7 Å². The molecule has 0 N–H and O–H groups in total. The van der Waals surface area contributed by atoms with Gasteiger partial charge in [0.2, 0.25) is 0 Å². The van der Waals surface area contributed by atoms with Crippen LogP contribution in [0.4, 0.5) is 5.69 Å². The van der Waals surface area contributed by atoms with E-state index in [0.29, 0.717) is 5.56 Å². The van der Waals surface area contributed by atoms with Crippen LogP contribution in [0.15, 0.2) is 18.2 Å². The third kappa shape index (κ3) is 2.56. The molecule has 0 bridgehead atoms. The van der Waals surface area contributed by atoms with Gasteiger partial charge in [0.05, 0.1) is 17.6 Å². The van der Waals surface area contributed by atoms with E-state index in [9.17, 15) is 14.9 Å². The summed E-state index contributed by atoms with van der Waals surface area (Å²) in [6, 6.07) is 4.22. The van der Waals surface area contributed by atoms with E-state index in [2.05, 4.69) is 4.74 Å². The fraction of sp³-hybridized carbons (Fsp3) is 0.273. The minimum Gasteiger partial charge on any atom is -0.465 e. The molecule has 0 atom stereocenters. The molecule has 1 rings (SSSR count). The molecule has 85 valence electrons. The van der Waals surface area contributed by atoms with Gasteiger partial charge in [-0.1, -0.05) is 13.8 Å². The van der Waals surface area contributed by atoms with Crippen molar-refractivity contribution in [3.8, 4) is 0 Å². The van der Waals surface area contributed by atoms with E-state index in [1.807, 2.05) is 13.8 Å². The Balaban J connectivity index is 3.29. The average molecular weight is 222 g/mol. The van der Waals surface area contributed by atoms with Crippen molar-refractivity contribution in [3.05, 3.63) is 45.4 Å². The Hall–Kier alpha value is -1.91. The molecule has 0 aliphatic heterocycles. The summed E-state index contributed by atoms with van der Waals surface area (Å²) >= 11 is 0. The molecule has 1 aromatic carbocycles. The molecule has 0 aromatic heterocycles. The smallest absolute Gasteiger partial charge is 0.338 e. The van der Waals surface area contributed by atoms with Crippen LogP contribution in [0, 0.1) is 16.0 Å². The van der Waals surface area contributed by atoms with Crippen LogP contribution in [-0.4, -0.2) is 18.0 Å². The van der Waals surface area contributed by atoms with Gasteiger partial charge < -0.3 is 4.74 Å². The van der Waals surface area contributed by atoms with Gasteiger partial charge >= 0.3 is 5.97 Å². The van der Waals surface area contributed by atoms with E-state index in [0.717, 1.165) is 5.92 Å². The number of nitrogens with zero attached hydrogens (tertiary/aromatic N) is 1.